The Kier molecular flexibility index (Phi) is 3.03. The summed E-state index contributed by atoms with van der Waals surface area (Å²) >= 11 is 0. The van der Waals surface area contributed by atoms with Crippen molar-refractivity contribution < 1.29 is 9.90 Å². The van der Waals surface area contributed by atoms with Gasteiger partial charge in [0.05, 0.1) is 11.2 Å². The summed E-state index contributed by atoms with van der Waals surface area (Å²) in [5, 5.41) is 10.5. The number of nitrogens with two attached hydrogens (primary N) is 1. The van der Waals surface area contributed by atoms with Crippen molar-refractivity contribution in [3.63, 3.8) is 0 Å². The number of rotatable bonds is 2. The number of pyridine rings is 1. The highest BCUT2D eigenvalue weighted by Crippen LogP contribution is 2.42. The highest BCUT2D eigenvalue weighted by Gasteiger charge is 2.50. The first-order chi connectivity index (χ1) is 9.14. The van der Waals surface area contributed by atoms with Gasteiger partial charge in [0.1, 0.15) is 0 Å². The number of hydrogen-bond acceptors (Lipinski definition) is 4. The molecule has 1 aromatic heterocycles. The van der Waals surface area contributed by atoms with Crippen molar-refractivity contribution in [2.75, 3.05) is 13.1 Å². The molecular weight excluding hydrogens is 242 g/mol. The summed E-state index contributed by atoms with van der Waals surface area (Å²) in [6, 6.07) is 3.66. The lowest BCUT2D eigenvalue weighted by Crippen LogP contribution is -2.64. The molecule has 3 fully saturated rings. The van der Waals surface area contributed by atoms with Gasteiger partial charge in [0, 0.05) is 37.4 Å². The third-order valence-corrected chi connectivity index (χ3v) is 4.58. The second-order valence-corrected chi connectivity index (χ2v) is 5.64. The van der Waals surface area contributed by atoms with Crippen LogP contribution in [0.15, 0.2) is 24.5 Å². The minimum absolute atomic E-state index is 0.0156. The van der Waals surface area contributed by atoms with Gasteiger partial charge >= 0.3 is 0 Å². The van der Waals surface area contributed by atoms with E-state index in [1.807, 2.05) is 4.90 Å². The number of aliphatic hydroxyl groups is 1. The van der Waals surface area contributed by atoms with Gasteiger partial charge in [-0.1, -0.05) is 0 Å². The summed E-state index contributed by atoms with van der Waals surface area (Å²) < 4.78 is 0. The fraction of sp³-hybridized carbons (Fsp3) is 0.571. The van der Waals surface area contributed by atoms with E-state index in [1.54, 1.807) is 24.5 Å². The van der Waals surface area contributed by atoms with E-state index < -0.39 is 5.60 Å². The minimum Gasteiger partial charge on any atom is -0.388 e. The fourth-order valence-corrected chi connectivity index (χ4v) is 3.41. The molecule has 102 valence electrons. The van der Waals surface area contributed by atoms with E-state index in [0.717, 1.165) is 12.8 Å². The Morgan fingerprint density at radius 2 is 2.42 bits per heavy atom. The normalized spacial score (nSPS) is 33.5. The molecule has 3 heterocycles. The second kappa shape index (κ2) is 4.58. The van der Waals surface area contributed by atoms with Crippen molar-refractivity contribution in [2.45, 2.75) is 30.9 Å². The van der Waals surface area contributed by atoms with E-state index in [0.29, 0.717) is 18.5 Å². The summed E-state index contributed by atoms with van der Waals surface area (Å²) in [6.45, 7) is 0.884. The molecule has 0 aromatic carbocycles. The molecule has 5 nitrogen and oxygen atoms in total. The number of carbonyl (C=O) groups excluding carboxylic acids is 1. The number of amides is 1. The first-order valence-corrected chi connectivity index (χ1v) is 6.77. The van der Waals surface area contributed by atoms with Crippen molar-refractivity contribution in [3.8, 4) is 0 Å². The number of piperidine rings is 2. The number of hydrogen-bond donors (Lipinski definition) is 2. The van der Waals surface area contributed by atoms with Gasteiger partial charge < -0.3 is 15.7 Å². The lowest BCUT2D eigenvalue weighted by atomic mass is 9.68. The Morgan fingerprint density at radius 1 is 1.58 bits per heavy atom. The molecule has 1 amide bonds. The van der Waals surface area contributed by atoms with Crippen molar-refractivity contribution in [2.24, 2.45) is 11.7 Å². The molecule has 0 radical (unpaired) electrons. The Balaban J connectivity index is 1.81. The van der Waals surface area contributed by atoms with Crippen LogP contribution in [0.5, 0.6) is 0 Å². The molecule has 4 rings (SSSR count). The summed E-state index contributed by atoms with van der Waals surface area (Å²) in [6.07, 6.45) is 5.76. The number of fused-ring (bicyclic) bond motifs is 3. The zero-order chi connectivity index (χ0) is 13.5. The molecule has 19 heavy (non-hydrogen) atoms. The average Bonchev–Trinajstić information content (AvgIpc) is 2.48. The third kappa shape index (κ3) is 2.03. The SMILES string of the molecule is NCC1(O)CC2CCC1CN2C(=O)c1cccnc1. The Morgan fingerprint density at radius 3 is 3.00 bits per heavy atom. The van der Waals surface area contributed by atoms with Gasteiger partial charge in [0.15, 0.2) is 0 Å². The Hall–Kier alpha value is -1.46. The zero-order valence-corrected chi connectivity index (χ0v) is 10.8. The van der Waals surface area contributed by atoms with Crippen molar-refractivity contribution in [3.05, 3.63) is 30.1 Å². The first-order valence-electron chi connectivity index (χ1n) is 6.77. The van der Waals surface area contributed by atoms with Crippen LogP contribution < -0.4 is 5.73 Å². The van der Waals surface area contributed by atoms with Crippen LogP contribution in [-0.2, 0) is 0 Å². The Bertz CT molecular complexity index is 479. The monoisotopic (exact) mass is 261 g/mol. The molecule has 2 bridgehead atoms. The van der Waals surface area contributed by atoms with Crippen LogP contribution >= 0.6 is 0 Å². The maximum absolute atomic E-state index is 12.5. The number of aromatic nitrogens is 1. The van der Waals surface area contributed by atoms with E-state index in [9.17, 15) is 9.90 Å². The van der Waals surface area contributed by atoms with Crippen LogP contribution in [-0.4, -0.2) is 45.6 Å². The predicted octanol–water partition coefficient (Wildman–Crippen LogP) is 0.396. The van der Waals surface area contributed by atoms with Crippen LogP contribution in [0.1, 0.15) is 29.6 Å². The van der Waals surface area contributed by atoms with Gasteiger partial charge in [0.2, 0.25) is 0 Å². The zero-order valence-electron chi connectivity index (χ0n) is 10.8. The molecule has 2 saturated heterocycles. The van der Waals surface area contributed by atoms with Gasteiger partial charge in [-0.15, -0.1) is 0 Å². The van der Waals surface area contributed by atoms with E-state index in [2.05, 4.69) is 4.98 Å². The molecule has 1 saturated carbocycles. The quantitative estimate of drug-likeness (QED) is 0.807. The highest BCUT2D eigenvalue weighted by molar-refractivity contribution is 5.94. The number of carbonyl (C=O) groups is 1. The van der Waals surface area contributed by atoms with Gasteiger partial charge in [-0.05, 0) is 31.4 Å². The molecule has 1 aromatic rings. The largest absolute Gasteiger partial charge is 0.388 e. The summed E-state index contributed by atoms with van der Waals surface area (Å²) in [5.74, 6) is 0.116. The summed E-state index contributed by atoms with van der Waals surface area (Å²) in [5.41, 5.74) is 5.53. The second-order valence-electron chi connectivity index (χ2n) is 5.64. The van der Waals surface area contributed by atoms with Crippen molar-refractivity contribution >= 4 is 5.91 Å². The van der Waals surface area contributed by atoms with Crippen molar-refractivity contribution in [1.82, 2.24) is 9.88 Å². The molecule has 2 aliphatic heterocycles. The van der Waals surface area contributed by atoms with Gasteiger partial charge in [-0.2, -0.15) is 0 Å². The first kappa shape index (κ1) is 12.6. The van der Waals surface area contributed by atoms with E-state index >= 15 is 0 Å². The lowest BCUT2D eigenvalue weighted by molar-refractivity contribution is -0.109. The van der Waals surface area contributed by atoms with Crippen LogP contribution in [0.2, 0.25) is 0 Å². The molecule has 3 aliphatic rings. The third-order valence-electron chi connectivity index (χ3n) is 4.58. The average molecular weight is 261 g/mol. The molecule has 5 heteroatoms. The molecule has 3 atom stereocenters. The maximum atomic E-state index is 12.5. The topological polar surface area (TPSA) is 79.5 Å². The summed E-state index contributed by atoms with van der Waals surface area (Å²) in [4.78, 5) is 18.3. The van der Waals surface area contributed by atoms with Crippen molar-refractivity contribution in [1.29, 1.82) is 0 Å². The molecular formula is C14H19N3O2. The highest BCUT2D eigenvalue weighted by atomic mass is 16.3. The maximum Gasteiger partial charge on any atom is 0.255 e. The van der Waals surface area contributed by atoms with Crippen LogP contribution in [0, 0.1) is 5.92 Å². The van der Waals surface area contributed by atoms with Gasteiger partial charge in [-0.3, -0.25) is 9.78 Å². The smallest absolute Gasteiger partial charge is 0.255 e. The molecule has 1 aliphatic carbocycles. The minimum atomic E-state index is -0.783. The van der Waals surface area contributed by atoms with E-state index in [4.69, 9.17) is 5.73 Å². The van der Waals surface area contributed by atoms with Crippen LogP contribution in [0.25, 0.3) is 0 Å². The van der Waals surface area contributed by atoms with E-state index in [-0.39, 0.29) is 24.4 Å². The van der Waals surface area contributed by atoms with E-state index in [1.165, 1.54) is 0 Å². The van der Waals surface area contributed by atoms with Crippen LogP contribution in [0.4, 0.5) is 0 Å². The van der Waals surface area contributed by atoms with Gasteiger partial charge in [0.25, 0.3) is 5.91 Å². The Labute approximate surface area is 112 Å². The molecule has 3 unspecified atom stereocenters. The lowest BCUT2D eigenvalue weighted by Gasteiger charge is -2.53. The number of nitrogens with zero attached hydrogens (tertiary/aromatic N) is 2. The molecule has 0 spiro atoms. The van der Waals surface area contributed by atoms with Crippen LogP contribution in [0.3, 0.4) is 0 Å². The molecule has 3 N–H and O–H groups in total. The fourth-order valence-electron chi connectivity index (χ4n) is 3.41. The predicted molar refractivity (Wildman–Crippen MR) is 70.4 cm³/mol. The standard InChI is InChI=1S/C14H19N3O2/c15-9-14(19)6-12-4-3-11(14)8-17(12)13(18)10-2-1-5-16-7-10/h1-2,5,7,11-12,19H,3-4,6,8-9,15H2. The van der Waals surface area contributed by atoms with Gasteiger partial charge in [-0.25, -0.2) is 0 Å². The summed E-state index contributed by atoms with van der Waals surface area (Å²) in [7, 11) is 0.